The Bertz CT molecular complexity index is 860. The smallest absolute Gasteiger partial charge is 0.317 e. The molecule has 2 aliphatic rings. The molecule has 0 radical (unpaired) electrons. The van der Waals surface area contributed by atoms with Crippen LogP contribution in [0.25, 0.3) is 11.3 Å². The first-order valence-electron chi connectivity index (χ1n) is 10.1. The average molecular weight is 400 g/mol. The molecule has 4 rings (SSSR count). The molecule has 1 aromatic heterocycles. The highest BCUT2D eigenvalue weighted by atomic mass is 16.5. The van der Waals surface area contributed by atoms with Gasteiger partial charge in [-0.05, 0) is 43.5 Å². The summed E-state index contributed by atoms with van der Waals surface area (Å²) in [5.74, 6) is 1.36. The van der Waals surface area contributed by atoms with Crippen LogP contribution in [0.2, 0.25) is 0 Å². The summed E-state index contributed by atoms with van der Waals surface area (Å²) in [6.45, 7) is 3.41. The van der Waals surface area contributed by atoms with E-state index >= 15 is 0 Å². The molecule has 0 spiro atoms. The molecule has 29 heavy (non-hydrogen) atoms. The third-order valence-corrected chi connectivity index (χ3v) is 5.49. The maximum absolute atomic E-state index is 12.6. The second kappa shape index (κ2) is 8.73. The van der Waals surface area contributed by atoms with E-state index in [-0.39, 0.29) is 12.1 Å². The highest BCUT2D eigenvalue weighted by Gasteiger charge is 2.23. The van der Waals surface area contributed by atoms with Crippen LogP contribution in [0.1, 0.15) is 25.0 Å². The van der Waals surface area contributed by atoms with Crippen molar-refractivity contribution in [2.24, 2.45) is 0 Å². The summed E-state index contributed by atoms with van der Waals surface area (Å²) in [6, 6.07) is 7.78. The monoisotopic (exact) mass is 400 g/mol. The van der Waals surface area contributed by atoms with E-state index in [0.717, 1.165) is 49.4 Å². The predicted molar refractivity (Wildman–Crippen MR) is 108 cm³/mol. The summed E-state index contributed by atoms with van der Waals surface area (Å²) in [5.41, 5.74) is 2.85. The SMILES string of the molecule is COc1ccc(-c2cc3n(n2)CCCN(C(=O)NC[C@H]2CCCO2)C3)cc1OC. The van der Waals surface area contributed by atoms with Crippen molar-refractivity contribution in [1.29, 1.82) is 0 Å². The van der Waals surface area contributed by atoms with Crippen molar-refractivity contribution in [3.8, 4) is 22.8 Å². The zero-order chi connectivity index (χ0) is 20.2. The lowest BCUT2D eigenvalue weighted by Gasteiger charge is -2.21. The van der Waals surface area contributed by atoms with Crippen LogP contribution in [0.15, 0.2) is 24.3 Å². The van der Waals surface area contributed by atoms with Crippen LogP contribution in [0.4, 0.5) is 4.79 Å². The Kier molecular flexibility index (Phi) is 5.89. The molecule has 2 aromatic rings. The molecule has 0 bridgehead atoms. The molecule has 8 heteroatoms. The Morgan fingerprint density at radius 2 is 2.07 bits per heavy atom. The van der Waals surface area contributed by atoms with E-state index in [1.54, 1.807) is 14.2 Å². The average Bonchev–Trinajstić information content (AvgIpc) is 3.37. The summed E-state index contributed by atoms with van der Waals surface area (Å²) in [7, 11) is 3.24. The van der Waals surface area contributed by atoms with Gasteiger partial charge in [-0.2, -0.15) is 5.10 Å². The minimum absolute atomic E-state index is 0.0391. The number of urea groups is 1. The number of aryl methyl sites for hydroxylation is 1. The lowest BCUT2D eigenvalue weighted by Crippen LogP contribution is -2.42. The summed E-state index contributed by atoms with van der Waals surface area (Å²) in [4.78, 5) is 14.5. The molecule has 0 saturated carbocycles. The molecule has 3 heterocycles. The molecule has 0 aliphatic carbocycles. The van der Waals surface area contributed by atoms with Gasteiger partial charge in [0, 0.05) is 31.8 Å². The summed E-state index contributed by atoms with van der Waals surface area (Å²) >= 11 is 0. The number of hydrogen-bond donors (Lipinski definition) is 1. The maximum Gasteiger partial charge on any atom is 0.317 e. The van der Waals surface area contributed by atoms with E-state index < -0.39 is 0 Å². The first-order chi connectivity index (χ1) is 14.2. The highest BCUT2D eigenvalue weighted by molar-refractivity contribution is 5.74. The van der Waals surface area contributed by atoms with Crippen LogP contribution in [-0.4, -0.2) is 60.7 Å². The number of fused-ring (bicyclic) bond motifs is 1. The number of nitrogens with zero attached hydrogens (tertiary/aromatic N) is 3. The van der Waals surface area contributed by atoms with Gasteiger partial charge in [0.25, 0.3) is 0 Å². The Morgan fingerprint density at radius 1 is 1.21 bits per heavy atom. The minimum Gasteiger partial charge on any atom is -0.493 e. The Hall–Kier alpha value is -2.74. The van der Waals surface area contributed by atoms with Gasteiger partial charge in [-0.15, -0.1) is 0 Å². The molecule has 1 fully saturated rings. The number of amides is 2. The van der Waals surface area contributed by atoms with Crippen LogP contribution in [-0.2, 0) is 17.8 Å². The molecule has 2 aliphatic heterocycles. The molecule has 1 N–H and O–H groups in total. The van der Waals surface area contributed by atoms with Crippen molar-refractivity contribution in [3.63, 3.8) is 0 Å². The largest absolute Gasteiger partial charge is 0.493 e. The zero-order valence-corrected chi connectivity index (χ0v) is 17.0. The number of nitrogens with one attached hydrogen (secondary N) is 1. The Morgan fingerprint density at radius 3 is 2.83 bits per heavy atom. The number of benzene rings is 1. The van der Waals surface area contributed by atoms with Crippen molar-refractivity contribution in [1.82, 2.24) is 20.0 Å². The Labute approximate surface area is 170 Å². The van der Waals surface area contributed by atoms with Crippen molar-refractivity contribution in [3.05, 3.63) is 30.0 Å². The van der Waals surface area contributed by atoms with E-state index in [2.05, 4.69) is 5.32 Å². The van der Waals surface area contributed by atoms with Crippen LogP contribution >= 0.6 is 0 Å². The topological polar surface area (TPSA) is 77.9 Å². The van der Waals surface area contributed by atoms with Gasteiger partial charge in [0.15, 0.2) is 11.5 Å². The first kappa shape index (κ1) is 19.6. The maximum atomic E-state index is 12.6. The molecule has 2 amide bonds. The number of ether oxygens (including phenoxy) is 3. The molecule has 8 nitrogen and oxygen atoms in total. The van der Waals surface area contributed by atoms with E-state index in [1.165, 1.54) is 0 Å². The Balaban J connectivity index is 1.47. The van der Waals surface area contributed by atoms with E-state index in [0.29, 0.717) is 31.1 Å². The van der Waals surface area contributed by atoms with Gasteiger partial charge in [-0.25, -0.2) is 4.79 Å². The third-order valence-electron chi connectivity index (χ3n) is 5.49. The number of hydrogen-bond acceptors (Lipinski definition) is 5. The van der Waals surface area contributed by atoms with Gasteiger partial charge in [-0.3, -0.25) is 4.68 Å². The molecule has 156 valence electrons. The van der Waals surface area contributed by atoms with Crippen molar-refractivity contribution in [2.45, 2.75) is 38.5 Å². The molecule has 1 atom stereocenters. The number of carbonyl (C=O) groups excluding carboxylic acids is 1. The lowest BCUT2D eigenvalue weighted by molar-refractivity contribution is 0.108. The summed E-state index contributed by atoms with van der Waals surface area (Å²) in [6.07, 6.45) is 3.10. The summed E-state index contributed by atoms with van der Waals surface area (Å²) in [5, 5.41) is 7.78. The van der Waals surface area contributed by atoms with Gasteiger partial charge in [0.2, 0.25) is 0 Å². The second-order valence-electron chi connectivity index (χ2n) is 7.41. The van der Waals surface area contributed by atoms with Gasteiger partial charge < -0.3 is 24.4 Å². The molecule has 1 saturated heterocycles. The number of methoxy groups -OCH3 is 2. The van der Waals surface area contributed by atoms with Gasteiger partial charge >= 0.3 is 6.03 Å². The third kappa shape index (κ3) is 4.32. The van der Waals surface area contributed by atoms with Crippen LogP contribution in [0, 0.1) is 0 Å². The minimum atomic E-state index is -0.0391. The fraction of sp³-hybridized carbons (Fsp3) is 0.524. The quantitative estimate of drug-likeness (QED) is 0.835. The molecule has 1 aromatic carbocycles. The number of aromatic nitrogens is 2. The van der Waals surface area contributed by atoms with Crippen LogP contribution in [0.5, 0.6) is 11.5 Å². The van der Waals surface area contributed by atoms with Crippen molar-refractivity contribution >= 4 is 6.03 Å². The fourth-order valence-corrected chi connectivity index (χ4v) is 3.89. The van der Waals surface area contributed by atoms with E-state index in [4.69, 9.17) is 19.3 Å². The fourth-order valence-electron chi connectivity index (χ4n) is 3.89. The van der Waals surface area contributed by atoms with E-state index in [1.807, 2.05) is 33.8 Å². The molecular formula is C21H28N4O4. The lowest BCUT2D eigenvalue weighted by atomic mass is 10.1. The standard InChI is InChI=1S/C21H28N4O4/c1-27-19-7-6-15(11-20(19)28-2)18-12-16-14-24(8-4-9-25(16)23-18)21(26)22-13-17-5-3-10-29-17/h6-7,11-12,17H,3-5,8-10,13-14H2,1-2H3,(H,22,26)/t17-/m1/s1. The van der Waals surface area contributed by atoms with Crippen molar-refractivity contribution < 1.29 is 19.0 Å². The van der Waals surface area contributed by atoms with Gasteiger partial charge in [0.1, 0.15) is 0 Å². The zero-order valence-electron chi connectivity index (χ0n) is 17.0. The highest BCUT2D eigenvalue weighted by Crippen LogP contribution is 2.32. The van der Waals surface area contributed by atoms with Crippen LogP contribution < -0.4 is 14.8 Å². The normalized spacial score (nSPS) is 18.8. The van der Waals surface area contributed by atoms with Crippen LogP contribution in [0.3, 0.4) is 0 Å². The second-order valence-corrected chi connectivity index (χ2v) is 7.41. The molecular weight excluding hydrogens is 372 g/mol. The number of carbonyl (C=O) groups is 1. The first-order valence-corrected chi connectivity index (χ1v) is 10.1. The summed E-state index contributed by atoms with van der Waals surface area (Å²) < 4.78 is 18.3. The molecule has 0 unspecified atom stereocenters. The van der Waals surface area contributed by atoms with Gasteiger partial charge in [0.05, 0.1) is 38.3 Å². The van der Waals surface area contributed by atoms with Crippen molar-refractivity contribution in [2.75, 3.05) is 33.9 Å². The van der Waals surface area contributed by atoms with Gasteiger partial charge in [-0.1, -0.05) is 0 Å². The number of rotatable bonds is 5. The predicted octanol–water partition coefficient (Wildman–Crippen LogP) is 2.66. The van der Waals surface area contributed by atoms with E-state index in [9.17, 15) is 4.79 Å².